The third-order valence-electron chi connectivity index (χ3n) is 8.73. The van der Waals surface area contributed by atoms with Crippen molar-refractivity contribution in [2.45, 2.75) is 55.7 Å². The summed E-state index contributed by atoms with van der Waals surface area (Å²) in [5.41, 5.74) is 1.98. The molecule has 250 valence electrons. The first kappa shape index (κ1) is 34.7. The van der Waals surface area contributed by atoms with E-state index in [2.05, 4.69) is 45.9 Å². The van der Waals surface area contributed by atoms with Gasteiger partial charge in [0.25, 0.3) is 0 Å². The number of piperazine rings is 1. The molecular weight excluding hydrogens is 661 g/mol. The zero-order valence-corrected chi connectivity index (χ0v) is 29.2. The molecule has 0 saturated carbocycles. The molecule has 5 rings (SSSR count). The lowest BCUT2D eigenvalue weighted by Crippen LogP contribution is -2.53. The quantitative estimate of drug-likeness (QED) is 0.321. The molecule has 0 aliphatic carbocycles. The summed E-state index contributed by atoms with van der Waals surface area (Å²) >= 11 is 12.6. The molecule has 1 unspecified atom stereocenters. The van der Waals surface area contributed by atoms with E-state index in [4.69, 9.17) is 27.9 Å². The molecule has 1 amide bonds. The van der Waals surface area contributed by atoms with Gasteiger partial charge in [0.2, 0.25) is 5.82 Å². The van der Waals surface area contributed by atoms with Crippen LogP contribution in [0.1, 0.15) is 51.4 Å². The highest BCUT2D eigenvalue weighted by Crippen LogP contribution is 2.35. The molecule has 2 aromatic carbocycles. The zero-order valence-electron chi connectivity index (χ0n) is 26.9. The van der Waals surface area contributed by atoms with E-state index in [1.165, 1.54) is 6.20 Å². The van der Waals surface area contributed by atoms with Crippen LogP contribution in [0.4, 0.5) is 16.3 Å². The Morgan fingerprint density at radius 1 is 1.09 bits per heavy atom. The Balaban J connectivity index is 1.25. The highest BCUT2D eigenvalue weighted by molar-refractivity contribution is 7.92. The van der Waals surface area contributed by atoms with Crippen molar-refractivity contribution in [1.29, 1.82) is 5.26 Å². The van der Waals surface area contributed by atoms with Crippen LogP contribution in [0.15, 0.2) is 53.6 Å². The fourth-order valence-electron chi connectivity index (χ4n) is 5.90. The second kappa shape index (κ2) is 14.2. The second-order valence-electron chi connectivity index (χ2n) is 12.9. The third-order valence-corrected chi connectivity index (χ3v) is 11.6. The first-order valence-corrected chi connectivity index (χ1v) is 17.8. The van der Waals surface area contributed by atoms with Gasteiger partial charge in [-0.2, -0.15) is 10.2 Å². The van der Waals surface area contributed by atoms with Crippen molar-refractivity contribution < 1.29 is 17.9 Å². The van der Waals surface area contributed by atoms with Crippen molar-refractivity contribution in [3.05, 3.63) is 70.1 Å². The van der Waals surface area contributed by atoms with Crippen LogP contribution >= 0.6 is 23.2 Å². The largest absolute Gasteiger partial charge is 0.412 e. The first-order valence-electron chi connectivity index (χ1n) is 15.5. The smallest absolute Gasteiger partial charge is 0.405 e. The minimum Gasteiger partial charge on any atom is -0.405 e. The first-order chi connectivity index (χ1) is 22.3. The van der Waals surface area contributed by atoms with Gasteiger partial charge >= 0.3 is 6.09 Å². The molecule has 2 fully saturated rings. The summed E-state index contributed by atoms with van der Waals surface area (Å²) in [6, 6.07) is 14.4. The molecular formula is C33H39Cl2N7O4S. The van der Waals surface area contributed by atoms with Crippen molar-refractivity contribution in [2.24, 2.45) is 0 Å². The fourth-order valence-corrected chi connectivity index (χ4v) is 8.26. The lowest BCUT2D eigenvalue weighted by molar-refractivity contribution is 0.128. The molecule has 2 atom stereocenters. The van der Waals surface area contributed by atoms with E-state index in [1.54, 1.807) is 29.2 Å². The summed E-state index contributed by atoms with van der Waals surface area (Å²) in [6.45, 7) is 12.7. The predicted molar refractivity (Wildman–Crippen MR) is 183 cm³/mol. The normalized spacial score (nSPS) is 18.1. The van der Waals surface area contributed by atoms with E-state index in [-0.39, 0.29) is 45.3 Å². The van der Waals surface area contributed by atoms with Gasteiger partial charge in [-0.05, 0) is 69.0 Å². The van der Waals surface area contributed by atoms with E-state index in [0.29, 0.717) is 24.5 Å². The highest BCUT2D eigenvalue weighted by Gasteiger charge is 2.37. The van der Waals surface area contributed by atoms with Gasteiger partial charge < -0.3 is 19.9 Å². The fraction of sp³-hybridized carbons (Fsp3) is 0.455. The lowest BCUT2D eigenvalue weighted by atomic mass is 10.0. The maximum Gasteiger partial charge on any atom is 0.412 e. The number of carbonyl (C=O) groups is 1. The molecule has 1 N–H and O–H groups in total. The van der Waals surface area contributed by atoms with E-state index in [0.717, 1.165) is 37.4 Å². The Labute approximate surface area is 286 Å². The maximum atomic E-state index is 13.8. The summed E-state index contributed by atoms with van der Waals surface area (Å²) < 4.78 is 33.2. The van der Waals surface area contributed by atoms with Gasteiger partial charge in [0.1, 0.15) is 6.07 Å². The number of sulfone groups is 1. The Bertz CT molecular complexity index is 1750. The van der Waals surface area contributed by atoms with Gasteiger partial charge in [-0.3, -0.25) is 4.90 Å². The van der Waals surface area contributed by atoms with Gasteiger partial charge in [-0.15, -0.1) is 0 Å². The minimum atomic E-state index is -3.82. The van der Waals surface area contributed by atoms with Crippen LogP contribution in [0.25, 0.3) is 0 Å². The van der Waals surface area contributed by atoms with Crippen LogP contribution in [0.3, 0.4) is 0 Å². The molecule has 0 spiro atoms. The molecule has 3 heterocycles. The molecule has 47 heavy (non-hydrogen) atoms. The van der Waals surface area contributed by atoms with Crippen molar-refractivity contribution in [3.63, 3.8) is 0 Å². The van der Waals surface area contributed by atoms with Crippen molar-refractivity contribution in [1.82, 2.24) is 20.2 Å². The number of nitrogens with zero attached hydrogens (tertiary/aromatic N) is 6. The number of halogens is 2. The Morgan fingerprint density at radius 3 is 2.43 bits per heavy atom. The monoisotopic (exact) mass is 699 g/mol. The number of ether oxygens (including phenoxy) is 1. The number of benzene rings is 2. The van der Waals surface area contributed by atoms with Gasteiger partial charge in [0, 0.05) is 62.1 Å². The number of carbonyl (C=O) groups excluding carboxylic acids is 1. The molecule has 0 radical (unpaired) electrons. The summed E-state index contributed by atoms with van der Waals surface area (Å²) in [7, 11) is -3.82. The minimum absolute atomic E-state index is 0.0133. The van der Waals surface area contributed by atoms with Crippen molar-refractivity contribution in [3.8, 4) is 11.8 Å². The molecule has 0 bridgehead atoms. The van der Waals surface area contributed by atoms with Crippen LogP contribution in [-0.4, -0.2) is 86.0 Å². The molecule has 14 heteroatoms. The van der Waals surface area contributed by atoms with Crippen molar-refractivity contribution >= 4 is 50.6 Å². The topological polar surface area (TPSA) is 132 Å². The van der Waals surface area contributed by atoms with E-state index in [1.807, 2.05) is 31.2 Å². The number of hydrogen-bond donors (Lipinski definition) is 1. The molecule has 11 nitrogen and oxygen atoms in total. The Morgan fingerprint density at radius 2 is 1.79 bits per heavy atom. The van der Waals surface area contributed by atoms with Crippen molar-refractivity contribution in [2.75, 3.05) is 55.6 Å². The summed E-state index contributed by atoms with van der Waals surface area (Å²) in [4.78, 5) is 27.4. The van der Waals surface area contributed by atoms with Crippen LogP contribution in [0.2, 0.25) is 10.0 Å². The van der Waals surface area contributed by atoms with Gasteiger partial charge in [-0.25, -0.2) is 18.2 Å². The summed E-state index contributed by atoms with van der Waals surface area (Å²) in [5.74, 6) is 0.0525. The maximum absolute atomic E-state index is 13.8. The third kappa shape index (κ3) is 8.09. The van der Waals surface area contributed by atoms with Crippen LogP contribution < -0.4 is 19.9 Å². The molecule has 2 saturated heterocycles. The summed E-state index contributed by atoms with van der Waals surface area (Å²) in [6.07, 6.45) is 0.822. The zero-order chi connectivity index (χ0) is 33.9. The average molecular weight is 701 g/mol. The highest BCUT2D eigenvalue weighted by atomic mass is 35.5. The van der Waals surface area contributed by atoms with Gasteiger partial charge in [0.15, 0.2) is 21.4 Å². The Kier molecular flexibility index (Phi) is 10.5. The number of anilines is 2. The Hall–Kier alpha value is -3.63. The number of rotatable bonds is 8. The molecule has 1 aromatic heterocycles. The number of aromatic nitrogens is 2. The number of nitrogens with one attached hydrogen (secondary N) is 1. The average Bonchev–Trinajstić information content (AvgIpc) is 3.55. The van der Waals surface area contributed by atoms with E-state index in [9.17, 15) is 18.5 Å². The molecule has 3 aromatic rings. The van der Waals surface area contributed by atoms with Crippen LogP contribution in [0.5, 0.6) is 5.75 Å². The SMILES string of the molecule is CC(CNC(=O)Oc1cnc(C#N)nc1N1CC[C@H](S(=O)(=O)c2ccc(N3CCN(C(C)(C)C)CC3)cc2Cl)C1)c1ccc(Cl)cc1. The van der Waals surface area contributed by atoms with Gasteiger partial charge in [-0.1, -0.05) is 42.3 Å². The summed E-state index contributed by atoms with van der Waals surface area (Å²) in [5, 5.41) is 12.2. The standard InChI is InChI=1S/C33H39Cl2N7O4S/c1-22(23-5-7-24(34)8-6-23)19-38-32(43)46-28-20-37-30(18-36)39-31(28)41-12-11-26(21-41)47(44,45)29-10-9-25(17-27(29)35)40-13-15-42(16-14-40)33(2,3)4/h5-10,17,20,22,26H,11-16,19,21H2,1-4H3,(H,38,43)/t22?,26-/m0/s1. The number of hydrogen-bond acceptors (Lipinski definition) is 10. The van der Waals surface area contributed by atoms with Crippen LogP contribution in [0, 0.1) is 11.3 Å². The predicted octanol–water partition coefficient (Wildman–Crippen LogP) is 5.52. The van der Waals surface area contributed by atoms with E-state index < -0.39 is 21.2 Å². The van der Waals surface area contributed by atoms with E-state index >= 15 is 0 Å². The number of amides is 1. The number of nitriles is 1. The second-order valence-corrected chi connectivity index (χ2v) is 15.9. The van der Waals surface area contributed by atoms with Gasteiger partial charge in [0.05, 0.1) is 21.4 Å². The van der Waals surface area contributed by atoms with Crippen LogP contribution in [-0.2, 0) is 9.84 Å². The lowest BCUT2D eigenvalue weighted by Gasteiger charge is -2.43. The molecule has 2 aliphatic heterocycles. The molecule has 2 aliphatic rings.